The molecule has 0 saturated carbocycles. The minimum absolute atomic E-state index is 0. The second-order valence-corrected chi connectivity index (χ2v) is 2.35. The number of fused-ring (bicyclic) bond motifs is 1. The third kappa shape index (κ3) is 1.53. The molecule has 1 aromatic heterocycles. The minimum atomic E-state index is 0. The molecule has 3 radical (unpaired) electrons. The SMILES string of the molecule is Oc1cccc2cccnc12.[Sb]. The van der Waals surface area contributed by atoms with E-state index in [-0.39, 0.29) is 30.2 Å². The molecule has 0 spiro atoms. The molecule has 0 atom stereocenters. The first-order valence-corrected chi connectivity index (χ1v) is 3.40. The Kier molecular flexibility index (Phi) is 2.93. The molecule has 1 heterocycles. The topological polar surface area (TPSA) is 33.1 Å². The Morgan fingerprint density at radius 3 is 2.58 bits per heavy atom. The number of para-hydroxylation sites is 1. The van der Waals surface area contributed by atoms with Crippen molar-refractivity contribution in [3.8, 4) is 5.75 Å². The number of benzene rings is 1. The fraction of sp³-hybridized carbons (Fsp3) is 0. The van der Waals surface area contributed by atoms with Gasteiger partial charge in [-0.15, -0.1) is 0 Å². The van der Waals surface area contributed by atoms with Crippen LogP contribution < -0.4 is 0 Å². The number of rotatable bonds is 0. The second-order valence-electron chi connectivity index (χ2n) is 2.35. The van der Waals surface area contributed by atoms with Crippen LogP contribution in [0.4, 0.5) is 0 Å². The third-order valence-electron chi connectivity index (χ3n) is 1.61. The van der Waals surface area contributed by atoms with Crippen molar-refractivity contribution >= 4 is 35.3 Å². The average Bonchev–Trinajstić information content (AvgIpc) is 2.06. The average molecular weight is 267 g/mol. The van der Waals surface area contributed by atoms with Crippen LogP contribution >= 0.6 is 0 Å². The van der Waals surface area contributed by atoms with E-state index < -0.39 is 0 Å². The monoisotopic (exact) mass is 266 g/mol. The van der Waals surface area contributed by atoms with E-state index in [0.29, 0.717) is 5.52 Å². The number of pyridine rings is 1. The molecular weight excluding hydrogens is 260 g/mol. The van der Waals surface area contributed by atoms with Crippen molar-refractivity contribution in [1.29, 1.82) is 0 Å². The molecule has 2 rings (SSSR count). The van der Waals surface area contributed by atoms with Crippen molar-refractivity contribution in [2.45, 2.75) is 0 Å². The number of phenols is 1. The van der Waals surface area contributed by atoms with Gasteiger partial charge in [0.1, 0.15) is 11.3 Å². The first-order valence-electron chi connectivity index (χ1n) is 3.40. The summed E-state index contributed by atoms with van der Waals surface area (Å²) in [4.78, 5) is 4.03. The summed E-state index contributed by atoms with van der Waals surface area (Å²) < 4.78 is 0. The fourth-order valence-corrected chi connectivity index (χ4v) is 1.09. The number of aromatic nitrogens is 1. The summed E-state index contributed by atoms with van der Waals surface area (Å²) >= 11 is 0. The summed E-state index contributed by atoms with van der Waals surface area (Å²) in [6.45, 7) is 0. The van der Waals surface area contributed by atoms with Crippen LogP contribution in [0.5, 0.6) is 5.75 Å². The summed E-state index contributed by atoms with van der Waals surface area (Å²) in [5.74, 6) is 0.239. The predicted molar refractivity (Wildman–Crippen MR) is 49.2 cm³/mol. The van der Waals surface area contributed by atoms with Crippen LogP contribution in [-0.2, 0) is 0 Å². The van der Waals surface area contributed by atoms with E-state index in [1.54, 1.807) is 18.3 Å². The molecule has 0 amide bonds. The first-order chi connectivity index (χ1) is 5.38. The number of aromatic hydroxyl groups is 1. The number of hydrogen-bond acceptors (Lipinski definition) is 2. The van der Waals surface area contributed by atoms with E-state index in [0.717, 1.165) is 5.39 Å². The zero-order valence-corrected chi connectivity index (χ0v) is 8.86. The van der Waals surface area contributed by atoms with Crippen molar-refractivity contribution in [3.63, 3.8) is 0 Å². The molecule has 0 unspecified atom stereocenters. The maximum atomic E-state index is 9.31. The van der Waals surface area contributed by atoms with Gasteiger partial charge in [0.2, 0.25) is 0 Å². The van der Waals surface area contributed by atoms with E-state index in [4.69, 9.17) is 0 Å². The van der Waals surface area contributed by atoms with E-state index in [1.807, 2.05) is 18.2 Å². The molecule has 3 heteroatoms. The van der Waals surface area contributed by atoms with Gasteiger partial charge in [0.25, 0.3) is 0 Å². The minimum Gasteiger partial charge on any atom is -0.506 e. The van der Waals surface area contributed by atoms with Gasteiger partial charge in [-0.05, 0) is 12.1 Å². The number of nitrogens with zero attached hydrogens (tertiary/aromatic N) is 1. The van der Waals surface area contributed by atoms with Crippen LogP contribution in [-0.4, -0.2) is 34.5 Å². The Hall–Kier alpha value is -0.752. The first kappa shape index (κ1) is 9.34. The molecule has 0 bridgehead atoms. The van der Waals surface area contributed by atoms with Gasteiger partial charge in [-0.25, -0.2) is 0 Å². The van der Waals surface area contributed by atoms with Crippen molar-refractivity contribution < 1.29 is 5.11 Å². The molecule has 12 heavy (non-hydrogen) atoms. The second kappa shape index (κ2) is 3.77. The summed E-state index contributed by atoms with van der Waals surface area (Å²) in [6, 6.07) is 9.13. The molecule has 59 valence electrons. The van der Waals surface area contributed by atoms with Crippen molar-refractivity contribution in [3.05, 3.63) is 36.5 Å². The number of hydrogen-bond donors (Lipinski definition) is 1. The largest absolute Gasteiger partial charge is 0.506 e. The molecule has 0 saturated heterocycles. The number of phenolic OH excluding ortho intramolecular Hbond substituents is 1. The zero-order valence-electron chi connectivity index (χ0n) is 6.31. The van der Waals surface area contributed by atoms with E-state index in [2.05, 4.69) is 4.98 Å². The summed E-state index contributed by atoms with van der Waals surface area (Å²) in [6.07, 6.45) is 1.67. The maximum absolute atomic E-state index is 9.31. The van der Waals surface area contributed by atoms with Crippen LogP contribution in [0.1, 0.15) is 0 Å². The standard InChI is InChI=1S/C9H7NO.Sb/c11-8-5-1-3-7-4-2-6-10-9(7)8;/h1-6,11H;. The zero-order chi connectivity index (χ0) is 7.68. The van der Waals surface area contributed by atoms with Crippen molar-refractivity contribution in [2.75, 3.05) is 0 Å². The van der Waals surface area contributed by atoms with Crippen LogP contribution in [0.2, 0.25) is 0 Å². The van der Waals surface area contributed by atoms with Gasteiger partial charge in [-0.2, -0.15) is 0 Å². The molecule has 2 aromatic rings. The Labute approximate surface area is 87.7 Å². The molecule has 0 aliphatic carbocycles. The summed E-state index contributed by atoms with van der Waals surface area (Å²) in [5, 5.41) is 10.3. The Morgan fingerprint density at radius 2 is 1.83 bits per heavy atom. The molecular formula is C9H7NOSb. The van der Waals surface area contributed by atoms with Gasteiger partial charge in [0.15, 0.2) is 0 Å². The van der Waals surface area contributed by atoms with Gasteiger partial charge < -0.3 is 5.11 Å². The predicted octanol–water partition coefficient (Wildman–Crippen LogP) is 1.56. The van der Waals surface area contributed by atoms with Crippen LogP contribution in [0, 0.1) is 0 Å². The van der Waals surface area contributed by atoms with Crippen LogP contribution in [0.25, 0.3) is 10.9 Å². The molecule has 0 aliphatic rings. The van der Waals surface area contributed by atoms with E-state index in [9.17, 15) is 5.11 Å². The Bertz CT molecular complexity index is 384. The quantitative estimate of drug-likeness (QED) is 0.735. The molecule has 2 nitrogen and oxygen atoms in total. The van der Waals surface area contributed by atoms with Gasteiger partial charge >= 0.3 is 0 Å². The molecule has 0 fully saturated rings. The van der Waals surface area contributed by atoms with Crippen molar-refractivity contribution in [2.24, 2.45) is 0 Å². The summed E-state index contributed by atoms with van der Waals surface area (Å²) in [7, 11) is 0. The Morgan fingerprint density at radius 1 is 1.08 bits per heavy atom. The van der Waals surface area contributed by atoms with E-state index in [1.165, 1.54) is 0 Å². The van der Waals surface area contributed by atoms with Crippen molar-refractivity contribution in [1.82, 2.24) is 4.98 Å². The molecule has 1 N–H and O–H groups in total. The molecule has 1 aromatic carbocycles. The maximum Gasteiger partial charge on any atom is 0.141 e. The third-order valence-corrected chi connectivity index (χ3v) is 1.61. The van der Waals surface area contributed by atoms with Crippen LogP contribution in [0.3, 0.4) is 0 Å². The molecule has 0 aliphatic heterocycles. The van der Waals surface area contributed by atoms with Gasteiger partial charge in [0.05, 0.1) is 0 Å². The Balaban J connectivity index is 0.000000720. The normalized spacial score (nSPS) is 9.33. The van der Waals surface area contributed by atoms with E-state index >= 15 is 0 Å². The van der Waals surface area contributed by atoms with Gasteiger partial charge in [-0.3, -0.25) is 4.98 Å². The fourth-order valence-electron chi connectivity index (χ4n) is 1.09. The summed E-state index contributed by atoms with van der Waals surface area (Å²) in [5.41, 5.74) is 0.662. The van der Waals surface area contributed by atoms with Gasteiger partial charge in [0, 0.05) is 36.0 Å². The van der Waals surface area contributed by atoms with Gasteiger partial charge in [-0.1, -0.05) is 18.2 Å². The smallest absolute Gasteiger partial charge is 0.141 e. The van der Waals surface area contributed by atoms with Crippen LogP contribution in [0.15, 0.2) is 36.5 Å².